The average Bonchev–Trinajstić information content (AvgIpc) is 3.10. The van der Waals surface area contributed by atoms with Crippen LogP contribution in [0, 0.1) is 10.1 Å². The van der Waals surface area contributed by atoms with E-state index >= 15 is 0 Å². The van der Waals surface area contributed by atoms with Gasteiger partial charge in [-0.2, -0.15) is 0 Å². The van der Waals surface area contributed by atoms with Crippen LogP contribution in [0.1, 0.15) is 17.3 Å². The molecule has 1 aliphatic rings. The number of aromatic nitrogens is 1. The Morgan fingerprint density at radius 1 is 1.36 bits per heavy atom. The number of nitrogens with one attached hydrogen (secondary N) is 1. The van der Waals surface area contributed by atoms with Crippen molar-refractivity contribution in [1.29, 1.82) is 0 Å². The number of nitro groups is 1. The Bertz CT molecular complexity index is 1070. The van der Waals surface area contributed by atoms with Crippen LogP contribution in [0.15, 0.2) is 54.2 Å². The number of fused-ring (bicyclic) bond motifs is 2. The van der Waals surface area contributed by atoms with Crippen LogP contribution in [0.25, 0.3) is 10.2 Å². The lowest BCUT2D eigenvalue weighted by molar-refractivity contribution is -0.384. The van der Waals surface area contributed by atoms with E-state index in [0.717, 1.165) is 10.2 Å². The smallest absolute Gasteiger partial charge is 0.270 e. The fraction of sp³-hybridized carbons (Fsp3) is 0.158. The standard InChI is InChI=1S/C19H15N3O5S/c1-2-26-18-13(10-20-19-21-14-5-3-4-6-16(14)28-19)17(23)12-9-11(22(24)25)7-8-15(12)27-18/h3-10,18H,2H2,1H3,(H,20,21)/b13-10-. The first-order chi connectivity index (χ1) is 13.6. The normalized spacial score (nSPS) is 17.4. The number of para-hydroxylation sites is 1. The Kier molecular flexibility index (Phi) is 4.76. The van der Waals surface area contributed by atoms with Gasteiger partial charge in [0.15, 0.2) is 5.13 Å². The number of nitrogens with zero attached hydrogens (tertiary/aromatic N) is 2. The Morgan fingerprint density at radius 3 is 2.93 bits per heavy atom. The summed E-state index contributed by atoms with van der Waals surface area (Å²) in [4.78, 5) is 27.9. The summed E-state index contributed by atoms with van der Waals surface area (Å²) >= 11 is 1.44. The fourth-order valence-corrected chi connectivity index (χ4v) is 3.67. The summed E-state index contributed by atoms with van der Waals surface area (Å²) in [5, 5.41) is 14.7. The molecule has 1 aromatic heterocycles. The predicted octanol–water partition coefficient (Wildman–Crippen LogP) is 4.14. The number of anilines is 1. The summed E-state index contributed by atoms with van der Waals surface area (Å²) in [5.74, 6) is -0.136. The summed E-state index contributed by atoms with van der Waals surface area (Å²) in [7, 11) is 0. The van der Waals surface area contributed by atoms with E-state index in [1.807, 2.05) is 24.3 Å². The van der Waals surface area contributed by atoms with E-state index in [1.54, 1.807) is 6.92 Å². The van der Waals surface area contributed by atoms with Gasteiger partial charge in [-0.05, 0) is 25.1 Å². The molecule has 0 amide bonds. The molecule has 1 unspecified atom stereocenters. The highest BCUT2D eigenvalue weighted by molar-refractivity contribution is 7.22. The van der Waals surface area contributed by atoms with Crippen molar-refractivity contribution in [3.05, 3.63) is 69.9 Å². The number of benzene rings is 2. The first kappa shape index (κ1) is 18.1. The van der Waals surface area contributed by atoms with E-state index in [0.29, 0.717) is 11.7 Å². The number of rotatable bonds is 5. The fourth-order valence-electron chi connectivity index (χ4n) is 2.84. The largest absolute Gasteiger partial charge is 0.460 e. The molecule has 1 atom stereocenters. The second kappa shape index (κ2) is 7.37. The van der Waals surface area contributed by atoms with E-state index in [9.17, 15) is 14.9 Å². The molecule has 0 spiro atoms. The molecule has 9 heteroatoms. The molecule has 2 heterocycles. The number of Topliss-reactive ketones (excluding diaryl/α,β-unsaturated/α-hetero) is 1. The quantitative estimate of drug-likeness (QED) is 0.392. The zero-order valence-electron chi connectivity index (χ0n) is 14.7. The van der Waals surface area contributed by atoms with Gasteiger partial charge in [0.05, 0.1) is 26.3 Å². The first-order valence-electron chi connectivity index (χ1n) is 8.50. The maximum absolute atomic E-state index is 13.0. The number of carbonyl (C=O) groups excluding carboxylic acids is 1. The van der Waals surface area contributed by atoms with Crippen molar-refractivity contribution >= 4 is 38.2 Å². The number of non-ortho nitro benzene ring substituents is 1. The number of hydrogen-bond acceptors (Lipinski definition) is 8. The summed E-state index contributed by atoms with van der Waals surface area (Å²) in [6.07, 6.45) is 0.579. The minimum Gasteiger partial charge on any atom is -0.460 e. The second-order valence-corrected chi connectivity index (χ2v) is 6.93. The Labute approximate surface area is 163 Å². The Hall–Kier alpha value is -3.30. The van der Waals surface area contributed by atoms with Gasteiger partial charge in [0.1, 0.15) is 5.75 Å². The maximum atomic E-state index is 13.0. The van der Waals surface area contributed by atoms with Gasteiger partial charge >= 0.3 is 0 Å². The third-order valence-corrected chi connectivity index (χ3v) is 5.10. The number of ether oxygens (including phenoxy) is 2. The van der Waals surface area contributed by atoms with Crippen LogP contribution in [0.4, 0.5) is 10.8 Å². The van der Waals surface area contributed by atoms with Gasteiger partial charge in [-0.15, -0.1) is 0 Å². The third kappa shape index (κ3) is 3.32. The molecule has 0 saturated carbocycles. The monoisotopic (exact) mass is 397 g/mol. The molecule has 0 saturated heterocycles. The van der Waals surface area contributed by atoms with Gasteiger partial charge < -0.3 is 14.8 Å². The number of carbonyl (C=O) groups is 1. The van der Waals surface area contributed by atoms with E-state index in [2.05, 4.69) is 10.3 Å². The van der Waals surface area contributed by atoms with Gasteiger partial charge in [0.25, 0.3) is 5.69 Å². The molecular weight excluding hydrogens is 382 g/mol. The SMILES string of the molecule is CCOC1Oc2ccc([N+](=O)[O-])cc2C(=O)/C1=C/Nc1nc2ccccc2s1. The molecule has 28 heavy (non-hydrogen) atoms. The summed E-state index contributed by atoms with van der Waals surface area (Å²) in [5.41, 5.74) is 1.02. The van der Waals surface area contributed by atoms with E-state index in [-0.39, 0.29) is 22.6 Å². The van der Waals surface area contributed by atoms with Crippen LogP contribution in [-0.4, -0.2) is 28.6 Å². The molecule has 1 N–H and O–H groups in total. The van der Waals surface area contributed by atoms with Gasteiger partial charge in [-0.25, -0.2) is 4.98 Å². The van der Waals surface area contributed by atoms with Crippen LogP contribution < -0.4 is 10.1 Å². The average molecular weight is 397 g/mol. The lowest BCUT2D eigenvalue weighted by atomic mass is 9.99. The van der Waals surface area contributed by atoms with E-state index < -0.39 is 17.0 Å². The molecule has 0 radical (unpaired) electrons. The molecule has 0 fully saturated rings. The number of thiazole rings is 1. The Morgan fingerprint density at radius 2 is 2.18 bits per heavy atom. The van der Waals surface area contributed by atoms with E-state index in [4.69, 9.17) is 9.47 Å². The van der Waals surface area contributed by atoms with Crippen LogP contribution in [-0.2, 0) is 4.74 Å². The minimum atomic E-state index is -0.909. The first-order valence-corrected chi connectivity index (χ1v) is 9.32. The molecule has 2 aromatic carbocycles. The van der Waals surface area contributed by atoms with Crippen LogP contribution in [0.3, 0.4) is 0 Å². The number of ketones is 1. The van der Waals surface area contributed by atoms with Gasteiger partial charge in [-0.3, -0.25) is 14.9 Å². The van der Waals surface area contributed by atoms with Gasteiger partial charge in [0, 0.05) is 24.9 Å². The van der Waals surface area contributed by atoms with Gasteiger partial charge in [-0.1, -0.05) is 23.5 Å². The van der Waals surface area contributed by atoms with Crippen molar-refractivity contribution in [2.45, 2.75) is 13.2 Å². The molecule has 1 aliphatic heterocycles. The van der Waals surface area contributed by atoms with Crippen LogP contribution in [0.5, 0.6) is 5.75 Å². The molecule has 8 nitrogen and oxygen atoms in total. The number of nitro benzene ring substituents is 1. The minimum absolute atomic E-state index is 0.127. The highest BCUT2D eigenvalue weighted by Crippen LogP contribution is 2.34. The zero-order chi connectivity index (χ0) is 19.7. The predicted molar refractivity (Wildman–Crippen MR) is 105 cm³/mol. The topological polar surface area (TPSA) is 104 Å². The van der Waals surface area contributed by atoms with Crippen molar-refractivity contribution in [2.24, 2.45) is 0 Å². The summed E-state index contributed by atoms with van der Waals surface area (Å²) in [6, 6.07) is 11.6. The molecule has 0 aliphatic carbocycles. The van der Waals surface area contributed by atoms with Crippen LogP contribution >= 0.6 is 11.3 Å². The lowest BCUT2D eigenvalue weighted by Gasteiger charge is -2.27. The van der Waals surface area contributed by atoms with Crippen molar-refractivity contribution in [3.8, 4) is 5.75 Å². The molecule has 4 rings (SSSR count). The molecule has 3 aromatic rings. The third-order valence-electron chi connectivity index (χ3n) is 4.13. The van der Waals surface area contributed by atoms with Crippen molar-refractivity contribution in [1.82, 2.24) is 4.98 Å². The second-order valence-electron chi connectivity index (χ2n) is 5.90. The summed E-state index contributed by atoms with van der Waals surface area (Å²) < 4.78 is 12.3. The maximum Gasteiger partial charge on any atom is 0.270 e. The van der Waals surface area contributed by atoms with Crippen molar-refractivity contribution in [3.63, 3.8) is 0 Å². The molecule has 142 valence electrons. The lowest BCUT2D eigenvalue weighted by Crippen LogP contribution is -2.33. The molecule has 0 bridgehead atoms. The number of hydrogen-bond donors (Lipinski definition) is 1. The van der Waals surface area contributed by atoms with Crippen molar-refractivity contribution < 1.29 is 19.2 Å². The zero-order valence-corrected chi connectivity index (χ0v) is 15.6. The van der Waals surface area contributed by atoms with E-state index in [1.165, 1.54) is 35.7 Å². The van der Waals surface area contributed by atoms with Crippen LogP contribution in [0.2, 0.25) is 0 Å². The highest BCUT2D eigenvalue weighted by Gasteiger charge is 2.33. The highest BCUT2D eigenvalue weighted by atomic mass is 32.1. The van der Waals surface area contributed by atoms with Crippen molar-refractivity contribution in [2.75, 3.05) is 11.9 Å². The summed E-state index contributed by atoms with van der Waals surface area (Å²) in [6.45, 7) is 2.12. The Balaban J connectivity index is 1.68. The molecular formula is C19H15N3O5S. The van der Waals surface area contributed by atoms with Gasteiger partial charge in [0.2, 0.25) is 12.1 Å².